The topological polar surface area (TPSA) is 0 Å². The second-order valence-corrected chi connectivity index (χ2v) is 16.0. The van der Waals surface area contributed by atoms with Crippen molar-refractivity contribution in [3.63, 3.8) is 0 Å². The maximum atomic E-state index is 2.64. The van der Waals surface area contributed by atoms with Crippen LogP contribution in [0, 0.1) is 29.6 Å². The van der Waals surface area contributed by atoms with Crippen LogP contribution in [0.2, 0.25) is 0 Å². The Balaban J connectivity index is 1.01. The van der Waals surface area contributed by atoms with Gasteiger partial charge in [0, 0.05) is 5.92 Å². The molecule has 0 N–H and O–H groups in total. The van der Waals surface area contributed by atoms with Crippen molar-refractivity contribution in [3.8, 4) is 0 Å². The number of benzene rings is 1. The quantitative estimate of drug-likeness (QED) is 0.305. The minimum atomic E-state index is 0.451. The summed E-state index contributed by atoms with van der Waals surface area (Å²) >= 11 is 0. The number of hydrogen-bond acceptors (Lipinski definition) is 0. The summed E-state index contributed by atoms with van der Waals surface area (Å²) in [6.45, 7) is 0. The molecule has 10 rings (SSSR count). The van der Waals surface area contributed by atoms with E-state index >= 15 is 0 Å². The molecule has 248 valence electrons. The Bertz CT molecular complexity index is 2190. The normalized spacial score (nSPS) is 30.8. The summed E-state index contributed by atoms with van der Waals surface area (Å²) in [5.74, 6) is 2.89. The van der Waals surface area contributed by atoms with E-state index < -0.39 is 0 Å². The van der Waals surface area contributed by atoms with Gasteiger partial charge in [-0.3, -0.25) is 0 Å². The molecule has 0 heterocycles. The van der Waals surface area contributed by atoms with Crippen LogP contribution in [0.3, 0.4) is 0 Å². The molecule has 0 heteroatoms. The lowest BCUT2D eigenvalue weighted by Gasteiger charge is -2.42. The SMILES string of the molecule is C1=CC2C(C3=CC=C(C4=CC=C5C=CCCC5C4)CC3)=CC3=c4ccccc4=C(C4=CC=C(C5=CC=C6C=CCCC6C5)CC4)CC3C2C=C1. The van der Waals surface area contributed by atoms with Gasteiger partial charge in [0.1, 0.15) is 0 Å². The van der Waals surface area contributed by atoms with Crippen molar-refractivity contribution in [2.45, 2.75) is 70.6 Å². The van der Waals surface area contributed by atoms with Gasteiger partial charge in [0.05, 0.1) is 0 Å². The number of allylic oxidation sites excluding steroid dienone is 26. The average Bonchev–Trinajstić information content (AvgIpc) is 3.20. The molecule has 5 unspecified atom stereocenters. The highest BCUT2D eigenvalue weighted by molar-refractivity contribution is 5.77. The Morgan fingerprint density at radius 1 is 0.520 bits per heavy atom. The zero-order chi connectivity index (χ0) is 33.0. The first-order valence-corrected chi connectivity index (χ1v) is 19.6. The van der Waals surface area contributed by atoms with Crippen molar-refractivity contribution < 1.29 is 0 Å². The molecule has 0 bridgehead atoms. The molecule has 0 saturated heterocycles. The predicted octanol–water partition coefficient (Wildman–Crippen LogP) is 11.0. The molecule has 0 nitrogen and oxygen atoms in total. The zero-order valence-electron chi connectivity index (χ0n) is 29.3. The van der Waals surface area contributed by atoms with E-state index in [1.54, 1.807) is 50.2 Å². The highest BCUT2D eigenvalue weighted by atomic mass is 14.4. The Hall–Kier alpha value is -4.42. The van der Waals surface area contributed by atoms with E-state index in [9.17, 15) is 0 Å². The average molecular weight is 649 g/mol. The Morgan fingerprint density at radius 3 is 1.76 bits per heavy atom. The van der Waals surface area contributed by atoms with Crippen LogP contribution in [-0.2, 0) is 0 Å². The van der Waals surface area contributed by atoms with Gasteiger partial charge in [0.2, 0.25) is 0 Å². The lowest BCUT2D eigenvalue weighted by Crippen LogP contribution is -2.41. The third-order valence-corrected chi connectivity index (χ3v) is 13.4. The van der Waals surface area contributed by atoms with Crippen LogP contribution >= 0.6 is 0 Å². The molecule has 9 aliphatic carbocycles. The molecule has 0 aromatic heterocycles. The van der Waals surface area contributed by atoms with E-state index in [4.69, 9.17) is 0 Å². The van der Waals surface area contributed by atoms with Gasteiger partial charge in [-0.15, -0.1) is 0 Å². The van der Waals surface area contributed by atoms with E-state index in [1.807, 2.05) is 0 Å². The summed E-state index contributed by atoms with van der Waals surface area (Å²) in [6, 6.07) is 9.35. The second-order valence-electron chi connectivity index (χ2n) is 16.0. The smallest absolute Gasteiger partial charge is 0.00928 e. The van der Waals surface area contributed by atoms with Gasteiger partial charge >= 0.3 is 0 Å². The van der Waals surface area contributed by atoms with Gasteiger partial charge in [-0.2, -0.15) is 0 Å². The van der Waals surface area contributed by atoms with Crippen LogP contribution in [0.1, 0.15) is 70.6 Å². The van der Waals surface area contributed by atoms with Gasteiger partial charge in [0.25, 0.3) is 0 Å². The summed E-state index contributed by atoms with van der Waals surface area (Å²) in [7, 11) is 0. The Kier molecular flexibility index (Phi) is 7.74. The third-order valence-electron chi connectivity index (χ3n) is 13.4. The molecule has 9 aliphatic rings. The fourth-order valence-electron chi connectivity index (χ4n) is 10.7. The summed E-state index contributed by atoms with van der Waals surface area (Å²) in [5.41, 5.74) is 17.2. The molecule has 0 spiro atoms. The fraction of sp³-hybridized carbons (Fsp3) is 0.320. The first kappa shape index (κ1) is 30.4. The molecule has 0 radical (unpaired) electrons. The molecule has 5 atom stereocenters. The van der Waals surface area contributed by atoms with Crippen molar-refractivity contribution >= 4 is 11.1 Å². The maximum absolute atomic E-state index is 2.64. The van der Waals surface area contributed by atoms with Gasteiger partial charge in [-0.25, -0.2) is 0 Å². The van der Waals surface area contributed by atoms with Crippen LogP contribution in [0.5, 0.6) is 0 Å². The van der Waals surface area contributed by atoms with Crippen LogP contribution in [-0.4, -0.2) is 0 Å². The van der Waals surface area contributed by atoms with Crippen LogP contribution < -0.4 is 10.4 Å². The van der Waals surface area contributed by atoms with Crippen molar-refractivity contribution in [2.24, 2.45) is 29.6 Å². The predicted molar refractivity (Wildman–Crippen MR) is 210 cm³/mol. The molecule has 50 heavy (non-hydrogen) atoms. The lowest BCUT2D eigenvalue weighted by molar-refractivity contribution is 0.405. The minimum Gasteiger partial charge on any atom is -0.0842 e. The van der Waals surface area contributed by atoms with Crippen LogP contribution in [0.15, 0.2) is 178 Å². The largest absolute Gasteiger partial charge is 0.0842 e. The van der Waals surface area contributed by atoms with E-state index in [-0.39, 0.29) is 0 Å². The number of fused-ring (bicyclic) bond motifs is 6. The molecule has 0 aliphatic heterocycles. The molecule has 0 fully saturated rings. The van der Waals surface area contributed by atoms with E-state index in [0.29, 0.717) is 29.6 Å². The maximum Gasteiger partial charge on any atom is 0.00928 e. The second kappa shape index (κ2) is 12.7. The molecule has 0 saturated carbocycles. The first-order valence-electron chi connectivity index (χ1n) is 19.6. The summed E-state index contributed by atoms with van der Waals surface area (Å²) in [5, 5.41) is 2.94. The van der Waals surface area contributed by atoms with Gasteiger partial charge in [-0.05, 0) is 166 Å². The monoisotopic (exact) mass is 648 g/mol. The van der Waals surface area contributed by atoms with Crippen LogP contribution in [0.25, 0.3) is 11.1 Å². The Morgan fingerprint density at radius 2 is 1.10 bits per heavy atom. The van der Waals surface area contributed by atoms with Crippen molar-refractivity contribution in [1.29, 1.82) is 0 Å². The van der Waals surface area contributed by atoms with E-state index in [1.165, 1.54) is 60.1 Å². The van der Waals surface area contributed by atoms with Crippen molar-refractivity contribution in [1.82, 2.24) is 0 Å². The molecular formula is C50H48. The minimum absolute atomic E-state index is 0.451. The highest BCUT2D eigenvalue weighted by Gasteiger charge is 2.39. The first-order chi connectivity index (χ1) is 24.8. The zero-order valence-corrected chi connectivity index (χ0v) is 29.3. The lowest BCUT2D eigenvalue weighted by atomic mass is 9.62. The van der Waals surface area contributed by atoms with Gasteiger partial charge < -0.3 is 0 Å². The molecule has 0 amide bonds. The standard InChI is InChI=1S/C50H48/c1-3-11-39-29-41(27-21-33(39)9-1)35-17-23-37(24-18-35)47-31-49-46-16-8-6-14-44(46)48(32-50(49)45-15-7-5-13-43(45)47)38-25-19-36(20-26-38)42-28-22-34-10-2-4-12-40(34)30-42/h1-2,5-10,13-17,19,21-23,25,27-28,31,39-40,43,45,50H,3-4,11-12,18,20,24,26,29-30,32H2. The molecule has 1 aromatic rings. The number of rotatable bonds is 4. The van der Waals surface area contributed by atoms with Crippen molar-refractivity contribution in [3.05, 3.63) is 188 Å². The summed E-state index contributed by atoms with van der Waals surface area (Å²) in [4.78, 5) is 0. The molecule has 1 aromatic carbocycles. The number of hydrogen-bond donors (Lipinski definition) is 0. The third kappa shape index (κ3) is 5.35. The van der Waals surface area contributed by atoms with E-state index in [0.717, 1.165) is 32.1 Å². The molecular weight excluding hydrogens is 601 g/mol. The highest BCUT2D eigenvalue weighted by Crippen LogP contribution is 2.50. The van der Waals surface area contributed by atoms with Crippen LogP contribution in [0.4, 0.5) is 0 Å². The summed E-state index contributed by atoms with van der Waals surface area (Å²) in [6.07, 6.45) is 54.5. The Labute approximate surface area is 298 Å². The van der Waals surface area contributed by atoms with Gasteiger partial charge in [-0.1, -0.05) is 128 Å². The van der Waals surface area contributed by atoms with Crippen molar-refractivity contribution in [2.75, 3.05) is 0 Å². The fourth-order valence-corrected chi connectivity index (χ4v) is 10.7. The van der Waals surface area contributed by atoms with Gasteiger partial charge in [0.15, 0.2) is 0 Å². The summed E-state index contributed by atoms with van der Waals surface area (Å²) < 4.78 is 0. The van der Waals surface area contributed by atoms with E-state index in [2.05, 4.69) is 128 Å².